The zero-order chi connectivity index (χ0) is 15.9. The average Bonchev–Trinajstić information content (AvgIpc) is 2.76. The number of benzene rings is 1. The van der Waals surface area contributed by atoms with Gasteiger partial charge in [0.25, 0.3) is 0 Å². The molecule has 22 heavy (non-hydrogen) atoms. The Balaban J connectivity index is 1.93. The van der Waals surface area contributed by atoms with Gasteiger partial charge in [-0.2, -0.15) is 0 Å². The van der Waals surface area contributed by atoms with Crippen LogP contribution in [0.15, 0.2) is 18.2 Å². The number of methoxy groups -OCH3 is 1. The molecule has 0 radical (unpaired) electrons. The fraction of sp³-hybridized carbons (Fsp3) is 0.588. The number of carbonyl (C=O) groups excluding carboxylic acids is 1. The molecule has 1 aromatic rings. The number of rotatable bonds is 5. The van der Waals surface area contributed by atoms with Crippen molar-refractivity contribution >= 4 is 11.6 Å². The molecule has 1 aliphatic rings. The standard InChI is InChI=1S/C17H27N3O2/c1-13-6-7-16(22-3)15(11-13)19-17(21)12-20(2)14-5-4-9-18-10-8-14/h6-7,11,14,18H,4-5,8-10,12H2,1-3H3,(H,19,21). The first-order chi connectivity index (χ1) is 10.6. The number of aryl methyl sites for hydroxylation is 1. The molecular weight excluding hydrogens is 278 g/mol. The van der Waals surface area contributed by atoms with Gasteiger partial charge in [0.2, 0.25) is 5.91 Å². The number of amides is 1. The van der Waals surface area contributed by atoms with Gasteiger partial charge in [-0.15, -0.1) is 0 Å². The molecule has 2 N–H and O–H groups in total. The van der Waals surface area contributed by atoms with E-state index in [1.54, 1.807) is 7.11 Å². The van der Waals surface area contributed by atoms with Crippen LogP contribution in [0.5, 0.6) is 5.75 Å². The number of anilines is 1. The van der Waals surface area contributed by atoms with Crippen LogP contribution in [-0.2, 0) is 4.79 Å². The van der Waals surface area contributed by atoms with E-state index in [2.05, 4.69) is 15.5 Å². The first kappa shape index (κ1) is 16.8. The molecule has 0 aromatic heterocycles. The number of carbonyl (C=O) groups is 1. The molecule has 122 valence electrons. The highest BCUT2D eigenvalue weighted by Gasteiger charge is 2.19. The van der Waals surface area contributed by atoms with Crippen LogP contribution < -0.4 is 15.4 Å². The molecule has 1 atom stereocenters. The number of ether oxygens (including phenoxy) is 1. The summed E-state index contributed by atoms with van der Waals surface area (Å²) in [6, 6.07) is 6.26. The summed E-state index contributed by atoms with van der Waals surface area (Å²) in [4.78, 5) is 14.5. The lowest BCUT2D eigenvalue weighted by Crippen LogP contribution is -2.38. The topological polar surface area (TPSA) is 53.6 Å². The minimum atomic E-state index is 0.00334. The summed E-state index contributed by atoms with van der Waals surface area (Å²) in [5.41, 5.74) is 1.84. The lowest BCUT2D eigenvalue weighted by atomic mass is 10.1. The van der Waals surface area contributed by atoms with Crippen LogP contribution in [0.25, 0.3) is 0 Å². The van der Waals surface area contributed by atoms with Gasteiger partial charge in [-0.3, -0.25) is 9.69 Å². The Labute approximate surface area is 133 Å². The molecule has 5 heteroatoms. The van der Waals surface area contributed by atoms with Gasteiger partial charge in [-0.1, -0.05) is 6.07 Å². The van der Waals surface area contributed by atoms with E-state index < -0.39 is 0 Å². The van der Waals surface area contributed by atoms with Crippen LogP contribution in [0, 0.1) is 6.92 Å². The molecule has 1 unspecified atom stereocenters. The summed E-state index contributed by atoms with van der Waals surface area (Å²) in [5, 5.41) is 6.37. The third kappa shape index (κ3) is 4.71. The maximum absolute atomic E-state index is 12.3. The fourth-order valence-electron chi connectivity index (χ4n) is 2.91. The summed E-state index contributed by atoms with van der Waals surface area (Å²) in [6.45, 7) is 4.51. The lowest BCUT2D eigenvalue weighted by molar-refractivity contribution is -0.117. The number of nitrogens with zero attached hydrogens (tertiary/aromatic N) is 1. The SMILES string of the molecule is COc1ccc(C)cc1NC(=O)CN(C)C1CCCNCC1. The van der Waals surface area contributed by atoms with Gasteiger partial charge in [0.1, 0.15) is 5.75 Å². The van der Waals surface area contributed by atoms with Crippen molar-refractivity contribution in [3.05, 3.63) is 23.8 Å². The molecule has 5 nitrogen and oxygen atoms in total. The summed E-state index contributed by atoms with van der Waals surface area (Å²) < 4.78 is 5.30. The Morgan fingerprint density at radius 3 is 3.00 bits per heavy atom. The van der Waals surface area contributed by atoms with Gasteiger partial charge in [-0.25, -0.2) is 0 Å². The van der Waals surface area contributed by atoms with Crippen LogP contribution in [-0.4, -0.2) is 50.6 Å². The number of likely N-dealkylation sites (N-methyl/N-ethyl adjacent to an activating group) is 1. The largest absolute Gasteiger partial charge is 0.495 e. The Morgan fingerprint density at radius 1 is 1.41 bits per heavy atom. The van der Waals surface area contributed by atoms with Gasteiger partial charge in [-0.05, 0) is 64.0 Å². The molecular formula is C17H27N3O2. The predicted octanol–water partition coefficient (Wildman–Crippen LogP) is 2.02. The Kier molecular flexibility index (Phi) is 6.21. The smallest absolute Gasteiger partial charge is 0.238 e. The van der Waals surface area contributed by atoms with Crippen molar-refractivity contribution in [2.24, 2.45) is 0 Å². The maximum atomic E-state index is 12.3. The zero-order valence-corrected chi connectivity index (χ0v) is 13.8. The Hall–Kier alpha value is -1.59. The van der Waals surface area contributed by atoms with Gasteiger partial charge in [0.05, 0.1) is 19.3 Å². The van der Waals surface area contributed by atoms with Crippen LogP contribution in [0.2, 0.25) is 0 Å². The molecule has 1 aliphatic heterocycles. The van der Waals surface area contributed by atoms with Crippen molar-refractivity contribution in [2.75, 3.05) is 39.1 Å². The second-order valence-corrected chi connectivity index (χ2v) is 6.00. The van der Waals surface area contributed by atoms with E-state index in [0.29, 0.717) is 18.3 Å². The molecule has 0 bridgehead atoms. The molecule has 0 spiro atoms. The number of hydrogen-bond donors (Lipinski definition) is 2. The highest BCUT2D eigenvalue weighted by Crippen LogP contribution is 2.25. The second kappa shape index (κ2) is 8.15. The summed E-state index contributed by atoms with van der Waals surface area (Å²) >= 11 is 0. The molecule has 2 rings (SSSR count). The predicted molar refractivity (Wildman–Crippen MR) is 89.5 cm³/mol. The Bertz CT molecular complexity index is 497. The highest BCUT2D eigenvalue weighted by molar-refractivity contribution is 5.93. The van der Waals surface area contributed by atoms with Crippen molar-refractivity contribution in [2.45, 2.75) is 32.2 Å². The molecule has 0 saturated carbocycles. The van der Waals surface area contributed by atoms with Gasteiger partial charge in [0.15, 0.2) is 0 Å². The van der Waals surface area contributed by atoms with E-state index in [0.717, 1.165) is 37.2 Å². The van der Waals surface area contributed by atoms with E-state index >= 15 is 0 Å². The number of hydrogen-bond acceptors (Lipinski definition) is 4. The second-order valence-electron chi connectivity index (χ2n) is 6.00. The van der Waals surface area contributed by atoms with Crippen molar-refractivity contribution in [3.8, 4) is 5.75 Å². The summed E-state index contributed by atoms with van der Waals surface area (Å²) in [6.07, 6.45) is 3.41. The third-order valence-electron chi connectivity index (χ3n) is 4.19. The first-order valence-corrected chi connectivity index (χ1v) is 7.95. The van der Waals surface area contributed by atoms with Crippen LogP contribution in [0.4, 0.5) is 5.69 Å². The first-order valence-electron chi connectivity index (χ1n) is 7.95. The fourth-order valence-corrected chi connectivity index (χ4v) is 2.91. The quantitative estimate of drug-likeness (QED) is 0.874. The van der Waals surface area contributed by atoms with E-state index in [1.165, 1.54) is 6.42 Å². The van der Waals surface area contributed by atoms with Crippen LogP contribution >= 0.6 is 0 Å². The normalized spacial score (nSPS) is 18.8. The molecule has 1 heterocycles. The summed E-state index contributed by atoms with van der Waals surface area (Å²) in [5.74, 6) is 0.698. The lowest BCUT2D eigenvalue weighted by Gasteiger charge is -2.26. The van der Waals surface area contributed by atoms with Crippen LogP contribution in [0.3, 0.4) is 0 Å². The highest BCUT2D eigenvalue weighted by atomic mass is 16.5. The maximum Gasteiger partial charge on any atom is 0.238 e. The third-order valence-corrected chi connectivity index (χ3v) is 4.19. The molecule has 1 saturated heterocycles. The Morgan fingerprint density at radius 2 is 2.23 bits per heavy atom. The van der Waals surface area contributed by atoms with E-state index in [-0.39, 0.29) is 5.91 Å². The minimum absolute atomic E-state index is 0.00334. The molecule has 1 aromatic carbocycles. The number of nitrogens with one attached hydrogen (secondary N) is 2. The van der Waals surface area contributed by atoms with Crippen molar-refractivity contribution in [1.82, 2.24) is 10.2 Å². The van der Waals surface area contributed by atoms with Crippen LogP contribution in [0.1, 0.15) is 24.8 Å². The van der Waals surface area contributed by atoms with Gasteiger partial charge >= 0.3 is 0 Å². The summed E-state index contributed by atoms with van der Waals surface area (Å²) in [7, 11) is 3.65. The van der Waals surface area contributed by atoms with E-state index in [9.17, 15) is 4.79 Å². The van der Waals surface area contributed by atoms with Crippen molar-refractivity contribution in [1.29, 1.82) is 0 Å². The monoisotopic (exact) mass is 305 g/mol. The van der Waals surface area contributed by atoms with Crippen molar-refractivity contribution in [3.63, 3.8) is 0 Å². The average molecular weight is 305 g/mol. The van der Waals surface area contributed by atoms with Gasteiger partial charge < -0.3 is 15.4 Å². The van der Waals surface area contributed by atoms with E-state index in [4.69, 9.17) is 4.74 Å². The van der Waals surface area contributed by atoms with Gasteiger partial charge in [0, 0.05) is 6.04 Å². The van der Waals surface area contributed by atoms with Crippen molar-refractivity contribution < 1.29 is 9.53 Å². The molecule has 0 aliphatic carbocycles. The zero-order valence-electron chi connectivity index (χ0n) is 13.8. The minimum Gasteiger partial charge on any atom is -0.495 e. The molecule has 1 amide bonds. The molecule has 1 fully saturated rings. The van der Waals surface area contributed by atoms with E-state index in [1.807, 2.05) is 32.2 Å².